The number of hydrogen-bond acceptors (Lipinski definition) is 5. The molecule has 0 radical (unpaired) electrons. The van der Waals surface area contributed by atoms with Gasteiger partial charge in [0.1, 0.15) is 5.69 Å². The van der Waals surface area contributed by atoms with Crippen LogP contribution in [0, 0.1) is 6.92 Å². The van der Waals surface area contributed by atoms with Crippen LogP contribution < -0.4 is 5.32 Å². The lowest BCUT2D eigenvalue weighted by Gasteiger charge is -2.26. The summed E-state index contributed by atoms with van der Waals surface area (Å²) in [5.74, 6) is 0.307. The average Bonchev–Trinajstić information content (AvgIpc) is 2.61. The molecule has 6 heteroatoms. The van der Waals surface area contributed by atoms with Crippen molar-refractivity contribution in [3.63, 3.8) is 0 Å². The van der Waals surface area contributed by atoms with Gasteiger partial charge in [-0.15, -0.1) is 0 Å². The first kappa shape index (κ1) is 17.1. The second-order valence-electron chi connectivity index (χ2n) is 6.33. The van der Waals surface area contributed by atoms with Crippen molar-refractivity contribution in [2.75, 3.05) is 18.4 Å². The van der Waals surface area contributed by atoms with Crippen LogP contribution in [0.2, 0.25) is 0 Å². The third kappa shape index (κ3) is 4.21. The minimum absolute atomic E-state index is 0.00484. The van der Waals surface area contributed by atoms with Crippen molar-refractivity contribution in [1.82, 2.24) is 14.9 Å². The van der Waals surface area contributed by atoms with Crippen LogP contribution in [0.1, 0.15) is 52.7 Å². The zero-order chi connectivity index (χ0) is 17.8. The fraction of sp³-hybridized carbons (Fsp3) is 0.368. The Morgan fingerprint density at radius 2 is 1.84 bits per heavy atom. The molecule has 130 valence electrons. The first-order valence-corrected chi connectivity index (χ1v) is 8.56. The maximum atomic E-state index is 12.7. The number of hydrogen-bond donors (Lipinski definition) is 1. The number of likely N-dealkylation sites (tertiary alicyclic amines) is 1. The highest BCUT2D eigenvalue weighted by molar-refractivity contribution is 5.95. The number of carbonyl (C=O) groups excluding carboxylic acids is 2. The monoisotopic (exact) mass is 338 g/mol. The van der Waals surface area contributed by atoms with E-state index in [2.05, 4.69) is 15.3 Å². The second-order valence-corrected chi connectivity index (χ2v) is 6.33. The van der Waals surface area contributed by atoms with Crippen molar-refractivity contribution < 1.29 is 9.59 Å². The van der Waals surface area contributed by atoms with Crippen LogP contribution in [-0.4, -0.2) is 39.6 Å². The molecule has 3 rings (SSSR count). The summed E-state index contributed by atoms with van der Waals surface area (Å²) in [6, 6.07) is 8.86. The lowest BCUT2D eigenvalue weighted by molar-refractivity contribution is 0.0718. The van der Waals surface area contributed by atoms with Crippen LogP contribution in [0.15, 0.2) is 30.3 Å². The molecule has 1 N–H and O–H groups in total. The Morgan fingerprint density at radius 1 is 1.08 bits per heavy atom. The zero-order valence-electron chi connectivity index (χ0n) is 14.6. The quantitative estimate of drug-likeness (QED) is 0.865. The van der Waals surface area contributed by atoms with E-state index in [1.54, 1.807) is 24.3 Å². The summed E-state index contributed by atoms with van der Waals surface area (Å²) in [5.41, 5.74) is 2.46. The Balaban J connectivity index is 1.83. The summed E-state index contributed by atoms with van der Waals surface area (Å²) in [7, 11) is 0. The van der Waals surface area contributed by atoms with Crippen molar-refractivity contribution in [1.29, 1.82) is 0 Å². The molecule has 1 amide bonds. The number of rotatable bonds is 4. The lowest BCUT2D eigenvalue weighted by atomic mass is 10.1. The highest BCUT2D eigenvalue weighted by atomic mass is 16.2. The van der Waals surface area contributed by atoms with Crippen LogP contribution in [0.3, 0.4) is 0 Å². The third-order valence-electron chi connectivity index (χ3n) is 4.24. The van der Waals surface area contributed by atoms with Crippen LogP contribution >= 0.6 is 0 Å². The smallest absolute Gasteiger partial charge is 0.272 e. The number of benzene rings is 1. The van der Waals surface area contributed by atoms with Crippen molar-refractivity contribution in [2.24, 2.45) is 0 Å². The molecule has 25 heavy (non-hydrogen) atoms. The van der Waals surface area contributed by atoms with Crippen LogP contribution in [0.25, 0.3) is 0 Å². The number of piperidine rings is 1. The molecule has 2 heterocycles. The molecule has 1 fully saturated rings. The fourth-order valence-electron chi connectivity index (χ4n) is 2.94. The van der Waals surface area contributed by atoms with E-state index in [1.807, 2.05) is 17.9 Å². The van der Waals surface area contributed by atoms with Gasteiger partial charge in [-0.25, -0.2) is 9.97 Å². The van der Waals surface area contributed by atoms with Gasteiger partial charge in [-0.1, -0.05) is 12.1 Å². The molecule has 0 unspecified atom stereocenters. The van der Waals surface area contributed by atoms with Gasteiger partial charge in [0.05, 0.1) is 0 Å². The zero-order valence-corrected chi connectivity index (χ0v) is 14.6. The number of anilines is 2. The molecule has 0 saturated carbocycles. The van der Waals surface area contributed by atoms with E-state index in [1.165, 1.54) is 13.3 Å². The largest absolute Gasteiger partial charge is 0.337 e. The van der Waals surface area contributed by atoms with Gasteiger partial charge in [-0.2, -0.15) is 0 Å². The van der Waals surface area contributed by atoms with Gasteiger partial charge in [0.15, 0.2) is 5.78 Å². The molecule has 2 aromatic rings. The van der Waals surface area contributed by atoms with Crippen molar-refractivity contribution in [2.45, 2.75) is 33.1 Å². The average molecular weight is 338 g/mol. The number of ketones is 1. The van der Waals surface area contributed by atoms with Gasteiger partial charge in [0.2, 0.25) is 5.95 Å². The molecule has 1 aromatic heterocycles. The van der Waals surface area contributed by atoms with Crippen molar-refractivity contribution in [3.05, 3.63) is 47.3 Å². The van der Waals surface area contributed by atoms with Crippen LogP contribution in [0.5, 0.6) is 0 Å². The van der Waals surface area contributed by atoms with Crippen LogP contribution in [-0.2, 0) is 0 Å². The van der Waals surface area contributed by atoms with Gasteiger partial charge in [-0.05, 0) is 51.3 Å². The van der Waals surface area contributed by atoms with E-state index >= 15 is 0 Å². The topological polar surface area (TPSA) is 75.2 Å². The molecule has 1 aromatic carbocycles. The molecule has 0 aliphatic carbocycles. The summed E-state index contributed by atoms with van der Waals surface area (Å²) < 4.78 is 0. The maximum absolute atomic E-state index is 12.7. The molecule has 1 aliphatic rings. The third-order valence-corrected chi connectivity index (χ3v) is 4.24. The number of Topliss-reactive ketones (excluding diaryl/α,β-unsaturated/α-hetero) is 1. The molecule has 1 aliphatic heterocycles. The first-order chi connectivity index (χ1) is 12.0. The Hall–Kier alpha value is -2.76. The highest BCUT2D eigenvalue weighted by Crippen LogP contribution is 2.18. The van der Waals surface area contributed by atoms with Gasteiger partial charge in [0, 0.05) is 30.0 Å². The van der Waals surface area contributed by atoms with E-state index in [4.69, 9.17) is 0 Å². The normalized spacial score (nSPS) is 14.2. The maximum Gasteiger partial charge on any atom is 0.272 e. The van der Waals surface area contributed by atoms with Crippen molar-refractivity contribution in [3.8, 4) is 0 Å². The minimum atomic E-state index is -0.0502. The molecule has 0 atom stereocenters. The summed E-state index contributed by atoms with van der Waals surface area (Å²) in [5, 5.41) is 3.09. The molecule has 0 spiro atoms. The Bertz CT molecular complexity index is 798. The lowest BCUT2D eigenvalue weighted by Crippen LogP contribution is -2.36. The first-order valence-electron chi connectivity index (χ1n) is 8.56. The number of carbonyl (C=O) groups is 2. The Kier molecular flexibility index (Phi) is 5.07. The summed E-state index contributed by atoms with van der Waals surface area (Å²) in [4.78, 5) is 34.8. The van der Waals surface area contributed by atoms with Gasteiger partial charge in [0.25, 0.3) is 5.91 Å². The molecule has 0 bridgehead atoms. The minimum Gasteiger partial charge on any atom is -0.337 e. The predicted octanol–water partition coefficient (Wildman–Crippen LogP) is 3.36. The van der Waals surface area contributed by atoms with E-state index < -0.39 is 0 Å². The highest BCUT2D eigenvalue weighted by Gasteiger charge is 2.20. The second kappa shape index (κ2) is 7.42. The Morgan fingerprint density at radius 3 is 2.56 bits per heavy atom. The Labute approximate surface area is 147 Å². The summed E-state index contributed by atoms with van der Waals surface area (Å²) in [6.07, 6.45) is 3.25. The standard InChI is InChI=1S/C19H22N4O2/c1-13-11-17(18(25)23-9-4-3-5-10-23)22-19(20-13)21-16-8-6-7-15(12-16)14(2)24/h6-8,11-12H,3-5,9-10H2,1-2H3,(H,20,21,22). The molecular weight excluding hydrogens is 316 g/mol. The van der Waals surface area contributed by atoms with E-state index in [9.17, 15) is 9.59 Å². The van der Waals surface area contributed by atoms with E-state index in [0.29, 0.717) is 17.2 Å². The summed E-state index contributed by atoms with van der Waals surface area (Å²) in [6.45, 7) is 4.93. The number of amides is 1. The van der Waals surface area contributed by atoms with Crippen LogP contribution in [0.4, 0.5) is 11.6 Å². The SMILES string of the molecule is CC(=O)c1cccc(Nc2nc(C)cc(C(=O)N3CCCCC3)n2)c1. The molecule has 1 saturated heterocycles. The number of aryl methyl sites for hydroxylation is 1. The molecule has 6 nitrogen and oxygen atoms in total. The van der Waals surface area contributed by atoms with Crippen molar-refractivity contribution >= 4 is 23.3 Å². The van der Waals surface area contributed by atoms with Gasteiger partial charge < -0.3 is 10.2 Å². The summed E-state index contributed by atoms with van der Waals surface area (Å²) >= 11 is 0. The van der Waals surface area contributed by atoms with E-state index in [0.717, 1.165) is 37.3 Å². The van der Waals surface area contributed by atoms with E-state index in [-0.39, 0.29) is 11.7 Å². The predicted molar refractivity (Wildman–Crippen MR) is 96.3 cm³/mol. The molecular formula is C19H22N4O2. The fourth-order valence-corrected chi connectivity index (χ4v) is 2.94. The van der Waals surface area contributed by atoms with Gasteiger partial charge in [-0.3, -0.25) is 9.59 Å². The number of nitrogens with one attached hydrogen (secondary N) is 1. The number of nitrogens with zero attached hydrogens (tertiary/aromatic N) is 3. The van der Waals surface area contributed by atoms with Gasteiger partial charge >= 0.3 is 0 Å². The number of aromatic nitrogens is 2.